The molecule has 0 unspecified atom stereocenters. The van der Waals surface area contributed by atoms with Crippen molar-refractivity contribution in [2.45, 2.75) is 24.2 Å². The fourth-order valence-electron chi connectivity index (χ4n) is 4.25. The molecule has 2 heterocycles. The number of piperazine rings is 1. The summed E-state index contributed by atoms with van der Waals surface area (Å²) in [5.41, 5.74) is 3.63. The number of fused-ring (bicyclic) bond motifs is 1. The van der Waals surface area contributed by atoms with Crippen molar-refractivity contribution in [3.63, 3.8) is 0 Å². The molecule has 160 valence electrons. The lowest BCUT2D eigenvalue weighted by Crippen LogP contribution is -2.46. The molecule has 2 aliphatic rings. The monoisotopic (exact) mass is 425 g/mol. The molecule has 1 fully saturated rings. The predicted octanol–water partition coefficient (Wildman–Crippen LogP) is 3.91. The average molecular weight is 426 g/mol. The number of benzene rings is 2. The third-order valence-electron chi connectivity index (χ3n) is 6.10. The number of methoxy groups -OCH3 is 1. The van der Waals surface area contributed by atoms with Crippen LogP contribution >= 0.6 is 11.8 Å². The van der Waals surface area contributed by atoms with E-state index >= 15 is 0 Å². The van der Waals surface area contributed by atoms with Crippen molar-refractivity contribution in [1.82, 2.24) is 4.90 Å². The molecule has 0 N–H and O–H groups in total. The summed E-state index contributed by atoms with van der Waals surface area (Å²) in [6.07, 6.45) is 3.52. The van der Waals surface area contributed by atoms with Gasteiger partial charge in [-0.25, -0.2) is 0 Å². The Morgan fingerprint density at radius 1 is 1.00 bits per heavy atom. The molecule has 30 heavy (non-hydrogen) atoms. The number of thioether (sulfide) groups is 1. The molecule has 5 nitrogen and oxygen atoms in total. The van der Waals surface area contributed by atoms with E-state index in [1.807, 2.05) is 19.2 Å². The molecule has 0 aliphatic carbocycles. The van der Waals surface area contributed by atoms with Crippen LogP contribution in [-0.2, 0) is 11.2 Å². The maximum atomic E-state index is 11.8. The van der Waals surface area contributed by atoms with Crippen LogP contribution in [0.25, 0.3) is 0 Å². The van der Waals surface area contributed by atoms with Gasteiger partial charge in [-0.1, -0.05) is 18.2 Å². The topological polar surface area (TPSA) is 36.0 Å². The summed E-state index contributed by atoms with van der Waals surface area (Å²) in [4.78, 5) is 19.9. The number of carbonyl (C=O) groups excluding carboxylic acids is 1. The van der Waals surface area contributed by atoms with Gasteiger partial charge in [0, 0.05) is 38.1 Å². The Kier molecular flexibility index (Phi) is 6.85. The lowest BCUT2D eigenvalue weighted by molar-refractivity contribution is -0.116. The second-order valence-electron chi connectivity index (χ2n) is 8.00. The predicted molar refractivity (Wildman–Crippen MR) is 125 cm³/mol. The minimum absolute atomic E-state index is 0.186. The molecular formula is C24H31N3O2S. The number of aryl methyl sites for hydroxylation is 1. The van der Waals surface area contributed by atoms with E-state index in [1.165, 1.54) is 29.0 Å². The first-order valence-corrected chi connectivity index (χ1v) is 11.8. The lowest BCUT2D eigenvalue weighted by Gasteiger charge is -2.36. The number of rotatable bonds is 7. The Morgan fingerprint density at radius 2 is 1.80 bits per heavy atom. The summed E-state index contributed by atoms with van der Waals surface area (Å²) < 4.78 is 5.52. The van der Waals surface area contributed by atoms with Crippen LogP contribution in [-0.4, -0.2) is 63.4 Å². The zero-order valence-electron chi connectivity index (χ0n) is 18.0. The summed E-state index contributed by atoms with van der Waals surface area (Å²) in [6.45, 7) is 5.47. The highest BCUT2D eigenvalue weighted by molar-refractivity contribution is 8.00. The highest BCUT2D eigenvalue weighted by Crippen LogP contribution is 2.35. The minimum Gasteiger partial charge on any atom is -0.495 e. The van der Waals surface area contributed by atoms with E-state index in [0.29, 0.717) is 5.75 Å². The number of ether oxygens (including phenoxy) is 1. The van der Waals surface area contributed by atoms with Crippen LogP contribution in [0.5, 0.6) is 5.75 Å². The van der Waals surface area contributed by atoms with Crippen molar-refractivity contribution in [2.24, 2.45) is 0 Å². The summed E-state index contributed by atoms with van der Waals surface area (Å²) in [6, 6.07) is 14.9. The van der Waals surface area contributed by atoms with Gasteiger partial charge < -0.3 is 14.5 Å². The van der Waals surface area contributed by atoms with E-state index in [-0.39, 0.29) is 5.91 Å². The van der Waals surface area contributed by atoms with Gasteiger partial charge in [-0.2, -0.15) is 0 Å². The fraction of sp³-hybridized carbons (Fsp3) is 0.458. The van der Waals surface area contributed by atoms with Gasteiger partial charge in [0.25, 0.3) is 0 Å². The van der Waals surface area contributed by atoms with Crippen LogP contribution in [0, 0.1) is 0 Å². The smallest absolute Gasteiger partial charge is 0.237 e. The maximum Gasteiger partial charge on any atom is 0.237 e. The van der Waals surface area contributed by atoms with Crippen molar-refractivity contribution < 1.29 is 9.53 Å². The van der Waals surface area contributed by atoms with Crippen LogP contribution in [0.4, 0.5) is 11.4 Å². The Hall–Kier alpha value is -2.18. The van der Waals surface area contributed by atoms with Crippen molar-refractivity contribution in [2.75, 3.05) is 62.4 Å². The van der Waals surface area contributed by atoms with Crippen molar-refractivity contribution in [3.05, 3.63) is 48.0 Å². The average Bonchev–Trinajstić information content (AvgIpc) is 2.79. The van der Waals surface area contributed by atoms with E-state index in [1.54, 1.807) is 23.8 Å². The Balaban J connectivity index is 1.20. The number of unbranched alkanes of at least 4 members (excludes halogenated alkanes) is 1. The van der Waals surface area contributed by atoms with E-state index in [4.69, 9.17) is 4.74 Å². The number of para-hydroxylation sites is 2. The fourth-order valence-corrected chi connectivity index (χ4v) is 5.31. The van der Waals surface area contributed by atoms with E-state index < -0.39 is 0 Å². The van der Waals surface area contributed by atoms with E-state index in [0.717, 1.165) is 50.6 Å². The normalized spacial score (nSPS) is 17.2. The van der Waals surface area contributed by atoms with Gasteiger partial charge in [-0.3, -0.25) is 9.69 Å². The number of carbonyl (C=O) groups is 1. The van der Waals surface area contributed by atoms with E-state index in [9.17, 15) is 4.79 Å². The molecule has 0 radical (unpaired) electrons. The van der Waals surface area contributed by atoms with E-state index in [2.05, 4.69) is 40.1 Å². The number of hydrogen-bond acceptors (Lipinski definition) is 5. The molecule has 2 aliphatic heterocycles. The van der Waals surface area contributed by atoms with Gasteiger partial charge >= 0.3 is 0 Å². The number of nitrogens with zero attached hydrogens (tertiary/aromatic N) is 3. The highest BCUT2D eigenvalue weighted by atomic mass is 32.2. The maximum absolute atomic E-state index is 11.8. The Bertz CT molecular complexity index is 881. The standard InChI is InChI=1S/C24H31N3O2S/c1-25-21-11-10-19(17-23(21)30-18-24(25)28)7-5-6-12-26-13-15-27(16-14-26)20-8-3-4-9-22(20)29-2/h3-4,8-11,17H,5-7,12-16,18H2,1-2H3. The van der Waals surface area contributed by atoms with Gasteiger partial charge in [-0.15, -0.1) is 11.8 Å². The van der Waals surface area contributed by atoms with Crippen LogP contribution in [0.15, 0.2) is 47.4 Å². The van der Waals surface area contributed by atoms with Crippen LogP contribution in [0.1, 0.15) is 18.4 Å². The first kappa shape index (κ1) is 21.1. The third kappa shape index (κ3) is 4.76. The number of amides is 1. The second-order valence-corrected chi connectivity index (χ2v) is 9.02. The van der Waals surface area contributed by atoms with Crippen molar-refractivity contribution in [3.8, 4) is 5.75 Å². The van der Waals surface area contributed by atoms with Crippen molar-refractivity contribution in [1.29, 1.82) is 0 Å². The Morgan fingerprint density at radius 3 is 2.60 bits per heavy atom. The molecule has 0 atom stereocenters. The third-order valence-corrected chi connectivity index (χ3v) is 7.13. The highest BCUT2D eigenvalue weighted by Gasteiger charge is 2.22. The molecule has 0 bridgehead atoms. The van der Waals surface area contributed by atoms with Gasteiger partial charge in [0.15, 0.2) is 0 Å². The summed E-state index contributed by atoms with van der Waals surface area (Å²) in [5.74, 6) is 1.70. The first-order chi connectivity index (χ1) is 14.7. The molecular weight excluding hydrogens is 394 g/mol. The Labute approximate surface area is 184 Å². The molecule has 6 heteroatoms. The number of hydrogen-bond donors (Lipinski definition) is 0. The second kappa shape index (κ2) is 9.75. The van der Waals surface area contributed by atoms with Gasteiger partial charge in [0.05, 0.1) is 24.2 Å². The zero-order valence-corrected chi connectivity index (χ0v) is 18.8. The first-order valence-electron chi connectivity index (χ1n) is 10.8. The van der Waals surface area contributed by atoms with Crippen molar-refractivity contribution >= 4 is 29.0 Å². The molecule has 2 aromatic rings. The van der Waals surface area contributed by atoms with Gasteiger partial charge in [0.2, 0.25) is 5.91 Å². The molecule has 0 spiro atoms. The zero-order chi connectivity index (χ0) is 20.9. The number of anilines is 2. The van der Waals surface area contributed by atoms with Crippen LogP contribution in [0.2, 0.25) is 0 Å². The van der Waals surface area contributed by atoms with Crippen LogP contribution in [0.3, 0.4) is 0 Å². The molecule has 1 amide bonds. The molecule has 2 aromatic carbocycles. The SMILES string of the molecule is COc1ccccc1N1CCN(CCCCc2ccc3c(c2)SCC(=O)N3C)CC1. The molecule has 4 rings (SSSR count). The quantitative estimate of drug-likeness (QED) is 0.629. The van der Waals surface area contributed by atoms with Gasteiger partial charge in [0.1, 0.15) is 5.75 Å². The minimum atomic E-state index is 0.186. The molecule has 1 saturated heterocycles. The molecule has 0 saturated carbocycles. The summed E-state index contributed by atoms with van der Waals surface area (Å²) in [7, 11) is 3.61. The summed E-state index contributed by atoms with van der Waals surface area (Å²) in [5, 5.41) is 0. The molecule has 0 aromatic heterocycles. The van der Waals surface area contributed by atoms with Gasteiger partial charge in [-0.05, 0) is 55.6 Å². The largest absolute Gasteiger partial charge is 0.495 e. The van der Waals surface area contributed by atoms with Crippen LogP contribution < -0.4 is 14.5 Å². The lowest BCUT2D eigenvalue weighted by atomic mass is 10.1. The summed E-state index contributed by atoms with van der Waals surface area (Å²) >= 11 is 1.66.